The van der Waals surface area contributed by atoms with Gasteiger partial charge in [0.2, 0.25) is 0 Å². The van der Waals surface area contributed by atoms with Crippen molar-refractivity contribution in [1.82, 2.24) is 25.1 Å². The molecule has 1 aliphatic rings. The summed E-state index contributed by atoms with van der Waals surface area (Å²) in [6, 6.07) is 7.21. The Morgan fingerprint density at radius 2 is 2.09 bits per heavy atom. The monoisotopic (exact) mass is 317 g/mol. The Labute approximate surface area is 133 Å². The number of para-hydroxylation sites is 1. The standard InChI is InChI=1S/C15H19N5O3/c1-23-10-15(22)6-8-19(9-7-15)14(21)12-4-2-3-5-13(12)20-11-16-17-18-20/h2-5,11,22H,6-10H2,1H3. The highest BCUT2D eigenvalue weighted by Gasteiger charge is 2.34. The summed E-state index contributed by atoms with van der Waals surface area (Å²) >= 11 is 0. The van der Waals surface area contributed by atoms with Gasteiger partial charge in [-0.3, -0.25) is 4.79 Å². The number of carbonyl (C=O) groups excluding carboxylic acids is 1. The maximum atomic E-state index is 12.8. The third kappa shape index (κ3) is 3.22. The zero-order valence-corrected chi connectivity index (χ0v) is 12.9. The smallest absolute Gasteiger partial charge is 0.256 e. The van der Waals surface area contributed by atoms with Crippen molar-refractivity contribution in [2.75, 3.05) is 26.8 Å². The van der Waals surface area contributed by atoms with Gasteiger partial charge in [-0.1, -0.05) is 12.1 Å². The lowest BCUT2D eigenvalue weighted by atomic mass is 9.92. The highest BCUT2D eigenvalue weighted by atomic mass is 16.5. The van der Waals surface area contributed by atoms with E-state index in [1.165, 1.54) is 11.0 Å². The van der Waals surface area contributed by atoms with Crippen molar-refractivity contribution in [3.05, 3.63) is 36.2 Å². The van der Waals surface area contributed by atoms with E-state index in [0.717, 1.165) is 0 Å². The SMILES string of the molecule is COCC1(O)CCN(C(=O)c2ccccc2-n2cnnn2)CC1. The Bertz CT molecular complexity index is 666. The molecule has 0 atom stereocenters. The lowest BCUT2D eigenvalue weighted by molar-refractivity contribution is -0.0662. The number of amides is 1. The first-order chi connectivity index (χ1) is 11.1. The Morgan fingerprint density at radius 3 is 2.74 bits per heavy atom. The summed E-state index contributed by atoms with van der Waals surface area (Å²) in [5, 5.41) is 21.4. The molecule has 0 saturated carbocycles. The van der Waals surface area contributed by atoms with Gasteiger partial charge in [-0.25, -0.2) is 0 Å². The van der Waals surface area contributed by atoms with Crippen LogP contribution in [0.15, 0.2) is 30.6 Å². The van der Waals surface area contributed by atoms with Crippen LogP contribution < -0.4 is 0 Å². The normalized spacial score (nSPS) is 17.2. The van der Waals surface area contributed by atoms with Crippen LogP contribution in [0.1, 0.15) is 23.2 Å². The van der Waals surface area contributed by atoms with Crippen LogP contribution in [0.4, 0.5) is 0 Å². The van der Waals surface area contributed by atoms with E-state index in [1.54, 1.807) is 24.1 Å². The quantitative estimate of drug-likeness (QED) is 0.870. The molecule has 8 heteroatoms. The number of hydrogen-bond acceptors (Lipinski definition) is 6. The van der Waals surface area contributed by atoms with Crippen molar-refractivity contribution in [2.24, 2.45) is 0 Å². The van der Waals surface area contributed by atoms with Gasteiger partial charge >= 0.3 is 0 Å². The number of aromatic nitrogens is 4. The Morgan fingerprint density at radius 1 is 1.35 bits per heavy atom. The van der Waals surface area contributed by atoms with E-state index in [0.29, 0.717) is 37.2 Å². The predicted molar refractivity (Wildman–Crippen MR) is 81.1 cm³/mol. The molecule has 1 fully saturated rings. The lowest BCUT2D eigenvalue weighted by Crippen LogP contribution is -2.49. The molecule has 1 saturated heterocycles. The van der Waals surface area contributed by atoms with Crippen molar-refractivity contribution in [3.63, 3.8) is 0 Å². The second kappa shape index (κ2) is 6.43. The number of aliphatic hydroxyl groups is 1. The van der Waals surface area contributed by atoms with Crippen molar-refractivity contribution in [1.29, 1.82) is 0 Å². The molecule has 0 unspecified atom stereocenters. The minimum Gasteiger partial charge on any atom is -0.387 e. The zero-order valence-electron chi connectivity index (χ0n) is 12.9. The van der Waals surface area contributed by atoms with Crippen molar-refractivity contribution >= 4 is 5.91 Å². The number of likely N-dealkylation sites (tertiary alicyclic amines) is 1. The number of carbonyl (C=O) groups is 1. The van der Waals surface area contributed by atoms with Crippen LogP contribution in [0.3, 0.4) is 0 Å². The van der Waals surface area contributed by atoms with Crippen molar-refractivity contribution in [3.8, 4) is 5.69 Å². The molecule has 8 nitrogen and oxygen atoms in total. The molecule has 1 aromatic heterocycles. The molecule has 0 spiro atoms. The lowest BCUT2D eigenvalue weighted by Gasteiger charge is -2.37. The molecule has 122 valence electrons. The summed E-state index contributed by atoms with van der Waals surface area (Å²) < 4.78 is 6.52. The molecule has 1 amide bonds. The van der Waals surface area contributed by atoms with E-state index in [-0.39, 0.29) is 12.5 Å². The summed E-state index contributed by atoms with van der Waals surface area (Å²) in [7, 11) is 1.57. The molecule has 0 aliphatic carbocycles. The highest BCUT2D eigenvalue weighted by Crippen LogP contribution is 2.24. The molecule has 2 aromatic rings. The Kier molecular flexibility index (Phi) is 4.35. The maximum Gasteiger partial charge on any atom is 0.256 e. The topological polar surface area (TPSA) is 93.4 Å². The highest BCUT2D eigenvalue weighted by molar-refractivity contribution is 5.97. The molecule has 1 aliphatic heterocycles. The summed E-state index contributed by atoms with van der Waals surface area (Å²) in [4.78, 5) is 14.6. The van der Waals surface area contributed by atoms with E-state index in [1.807, 2.05) is 12.1 Å². The summed E-state index contributed by atoms with van der Waals surface area (Å²) in [5.74, 6) is -0.0874. The minimum absolute atomic E-state index is 0.0874. The van der Waals surface area contributed by atoms with E-state index >= 15 is 0 Å². The van der Waals surface area contributed by atoms with Gasteiger partial charge in [0.15, 0.2) is 0 Å². The molecule has 0 bridgehead atoms. The van der Waals surface area contributed by atoms with E-state index in [9.17, 15) is 9.90 Å². The number of tetrazole rings is 1. The van der Waals surface area contributed by atoms with Gasteiger partial charge in [0.05, 0.1) is 23.5 Å². The molecule has 23 heavy (non-hydrogen) atoms. The van der Waals surface area contributed by atoms with Gasteiger partial charge in [-0.15, -0.1) is 5.10 Å². The van der Waals surface area contributed by atoms with Crippen molar-refractivity contribution in [2.45, 2.75) is 18.4 Å². The minimum atomic E-state index is -0.846. The molecular formula is C15H19N5O3. The molecular weight excluding hydrogens is 298 g/mol. The predicted octanol–water partition coefficient (Wildman–Crippen LogP) is 0.276. The van der Waals surface area contributed by atoms with Gasteiger partial charge < -0.3 is 14.7 Å². The first-order valence-corrected chi connectivity index (χ1v) is 7.46. The number of hydrogen-bond donors (Lipinski definition) is 1. The molecule has 0 radical (unpaired) electrons. The van der Waals surface area contributed by atoms with Gasteiger partial charge in [0.25, 0.3) is 5.91 Å². The summed E-state index contributed by atoms with van der Waals surface area (Å²) in [6.45, 7) is 1.27. The van der Waals surface area contributed by atoms with Gasteiger partial charge in [-0.2, -0.15) is 4.68 Å². The number of nitrogens with zero attached hydrogens (tertiary/aromatic N) is 5. The first kappa shape index (κ1) is 15.6. The second-order valence-corrected chi connectivity index (χ2v) is 5.72. The van der Waals surface area contributed by atoms with Crippen LogP contribution in [0.2, 0.25) is 0 Å². The van der Waals surface area contributed by atoms with Crippen LogP contribution in [-0.2, 0) is 4.74 Å². The van der Waals surface area contributed by atoms with Gasteiger partial charge in [0.1, 0.15) is 6.33 Å². The number of benzene rings is 1. The fourth-order valence-electron chi connectivity index (χ4n) is 2.84. The average molecular weight is 317 g/mol. The van der Waals surface area contributed by atoms with Crippen LogP contribution in [-0.4, -0.2) is 68.5 Å². The van der Waals surface area contributed by atoms with Gasteiger partial charge in [0, 0.05) is 20.2 Å². The molecule has 1 aromatic carbocycles. The maximum absolute atomic E-state index is 12.8. The summed E-state index contributed by atoms with van der Waals surface area (Å²) in [6.07, 6.45) is 2.46. The van der Waals surface area contributed by atoms with Crippen LogP contribution in [0.5, 0.6) is 0 Å². The first-order valence-electron chi connectivity index (χ1n) is 7.46. The zero-order chi connectivity index (χ0) is 16.3. The molecule has 1 N–H and O–H groups in total. The second-order valence-electron chi connectivity index (χ2n) is 5.72. The van der Waals surface area contributed by atoms with Gasteiger partial charge in [-0.05, 0) is 35.4 Å². The number of methoxy groups -OCH3 is 1. The fourth-order valence-corrected chi connectivity index (χ4v) is 2.84. The Hall–Kier alpha value is -2.32. The number of rotatable bonds is 4. The van der Waals surface area contributed by atoms with Crippen LogP contribution >= 0.6 is 0 Å². The molecule has 3 rings (SSSR count). The van der Waals surface area contributed by atoms with Crippen LogP contribution in [0, 0.1) is 0 Å². The van der Waals surface area contributed by atoms with Crippen LogP contribution in [0.25, 0.3) is 5.69 Å². The van der Waals surface area contributed by atoms with Crippen molar-refractivity contribution < 1.29 is 14.6 Å². The number of ether oxygens (including phenoxy) is 1. The third-order valence-electron chi connectivity index (χ3n) is 4.12. The molecule has 2 heterocycles. The Balaban J connectivity index is 1.78. The summed E-state index contributed by atoms with van der Waals surface area (Å²) in [5.41, 5.74) is 0.332. The fraction of sp³-hybridized carbons (Fsp3) is 0.467. The van der Waals surface area contributed by atoms with E-state index in [2.05, 4.69) is 15.5 Å². The van der Waals surface area contributed by atoms with E-state index in [4.69, 9.17) is 4.74 Å². The third-order valence-corrected chi connectivity index (χ3v) is 4.12. The van der Waals surface area contributed by atoms with E-state index < -0.39 is 5.60 Å². The number of piperidine rings is 1. The largest absolute Gasteiger partial charge is 0.387 e. The average Bonchev–Trinajstić information content (AvgIpc) is 3.09.